The lowest BCUT2D eigenvalue weighted by Gasteiger charge is -2.33. The van der Waals surface area contributed by atoms with Gasteiger partial charge in [-0.15, -0.1) is 0 Å². The first-order chi connectivity index (χ1) is 11.3. The van der Waals surface area contributed by atoms with Gasteiger partial charge >= 0.3 is 0 Å². The summed E-state index contributed by atoms with van der Waals surface area (Å²) in [7, 11) is 0. The van der Waals surface area contributed by atoms with Crippen LogP contribution in [0.2, 0.25) is 0 Å². The van der Waals surface area contributed by atoms with Gasteiger partial charge in [-0.05, 0) is 24.7 Å². The van der Waals surface area contributed by atoms with Crippen LogP contribution < -0.4 is 5.32 Å². The maximum Gasteiger partial charge on any atom is 0.222 e. The first-order valence-corrected chi connectivity index (χ1v) is 9.51. The second-order valence-electron chi connectivity index (χ2n) is 8.12. The lowest BCUT2D eigenvalue weighted by molar-refractivity contribution is -0.125. The minimum atomic E-state index is 0.0752. The van der Waals surface area contributed by atoms with E-state index >= 15 is 0 Å². The second-order valence-corrected chi connectivity index (χ2v) is 8.12. The van der Waals surface area contributed by atoms with Gasteiger partial charge in [0.25, 0.3) is 0 Å². The van der Waals surface area contributed by atoms with Crippen molar-refractivity contribution in [2.45, 2.75) is 60.0 Å². The summed E-state index contributed by atoms with van der Waals surface area (Å²) >= 11 is 0. The van der Waals surface area contributed by atoms with Crippen molar-refractivity contribution < 1.29 is 14.3 Å². The Morgan fingerprint density at radius 2 is 2.12 bits per heavy atom. The molecule has 1 unspecified atom stereocenters. The van der Waals surface area contributed by atoms with Crippen molar-refractivity contribution in [1.29, 1.82) is 0 Å². The highest BCUT2D eigenvalue weighted by Crippen LogP contribution is 2.20. The Morgan fingerprint density at radius 1 is 1.38 bits per heavy atom. The van der Waals surface area contributed by atoms with E-state index in [2.05, 4.69) is 31.0 Å². The van der Waals surface area contributed by atoms with Crippen LogP contribution in [-0.4, -0.2) is 62.9 Å². The summed E-state index contributed by atoms with van der Waals surface area (Å²) in [6.45, 7) is 16.5. The van der Waals surface area contributed by atoms with Crippen molar-refractivity contribution in [2.24, 2.45) is 11.3 Å². The zero-order valence-electron chi connectivity index (χ0n) is 16.4. The molecule has 24 heavy (non-hydrogen) atoms. The predicted molar refractivity (Wildman–Crippen MR) is 98.2 cm³/mol. The number of amides is 1. The first kappa shape index (κ1) is 21.4. The third-order valence-electron chi connectivity index (χ3n) is 4.55. The molecule has 1 heterocycles. The Labute approximate surface area is 148 Å². The summed E-state index contributed by atoms with van der Waals surface area (Å²) in [4.78, 5) is 14.2. The molecule has 1 amide bonds. The molecule has 1 fully saturated rings. The number of carbonyl (C=O) groups excluding carboxylic acids is 1. The molecule has 0 spiro atoms. The highest BCUT2D eigenvalue weighted by Gasteiger charge is 2.21. The summed E-state index contributed by atoms with van der Waals surface area (Å²) in [5.74, 6) is 0.201. The van der Waals surface area contributed by atoms with Crippen molar-refractivity contribution in [3.8, 4) is 0 Å². The third kappa shape index (κ3) is 9.60. The van der Waals surface area contributed by atoms with Gasteiger partial charge in [0, 0.05) is 38.7 Å². The molecule has 0 aliphatic carbocycles. The molecule has 1 aliphatic heterocycles. The largest absolute Gasteiger partial charge is 0.380 e. The van der Waals surface area contributed by atoms with E-state index in [0.717, 1.165) is 52.3 Å². The number of hydrogen-bond donors (Lipinski definition) is 1. The van der Waals surface area contributed by atoms with Crippen LogP contribution in [0.3, 0.4) is 0 Å². The van der Waals surface area contributed by atoms with Crippen LogP contribution in [0.5, 0.6) is 0 Å². The number of rotatable bonds is 10. The van der Waals surface area contributed by atoms with E-state index in [0.29, 0.717) is 12.0 Å². The van der Waals surface area contributed by atoms with E-state index in [-0.39, 0.29) is 17.9 Å². The van der Waals surface area contributed by atoms with E-state index in [4.69, 9.17) is 9.47 Å². The highest BCUT2D eigenvalue weighted by atomic mass is 16.5. The smallest absolute Gasteiger partial charge is 0.222 e. The first-order valence-electron chi connectivity index (χ1n) is 9.51. The Bertz CT molecular complexity index is 355. The van der Waals surface area contributed by atoms with Crippen molar-refractivity contribution in [3.05, 3.63) is 0 Å². The summed E-state index contributed by atoms with van der Waals surface area (Å²) in [5.41, 5.74) is 0.389. The van der Waals surface area contributed by atoms with Crippen molar-refractivity contribution in [1.82, 2.24) is 10.2 Å². The molecule has 0 saturated carbocycles. The molecule has 0 aromatic rings. The van der Waals surface area contributed by atoms with Gasteiger partial charge < -0.3 is 14.8 Å². The van der Waals surface area contributed by atoms with Crippen LogP contribution in [0.15, 0.2) is 0 Å². The minimum Gasteiger partial charge on any atom is -0.380 e. The Hall–Kier alpha value is -0.650. The van der Waals surface area contributed by atoms with E-state index < -0.39 is 0 Å². The molecule has 5 heteroatoms. The van der Waals surface area contributed by atoms with Gasteiger partial charge in [0.1, 0.15) is 0 Å². The van der Waals surface area contributed by atoms with E-state index in [1.54, 1.807) is 0 Å². The fourth-order valence-corrected chi connectivity index (χ4v) is 2.68. The zero-order chi connectivity index (χ0) is 18.0. The molecular formula is C19H38N2O3. The maximum absolute atomic E-state index is 11.8. The average Bonchev–Trinajstić information content (AvgIpc) is 2.54. The molecular weight excluding hydrogens is 304 g/mol. The lowest BCUT2D eigenvalue weighted by atomic mass is 9.91. The Morgan fingerprint density at radius 3 is 2.79 bits per heavy atom. The second kappa shape index (κ2) is 11.1. The molecule has 142 valence electrons. The van der Waals surface area contributed by atoms with Gasteiger partial charge in [0.2, 0.25) is 5.91 Å². The molecule has 1 rings (SSSR count). The number of hydrogen-bond acceptors (Lipinski definition) is 4. The Kier molecular flexibility index (Phi) is 9.86. The molecule has 0 bridgehead atoms. The number of nitrogens with one attached hydrogen (secondary N) is 1. The summed E-state index contributed by atoms with van der Waals surface area (Å²) < 4.78 is 11.5. The fourth-order valence-electron chi connectivity index (χ4n) is 2.68. The maximum atomic E-state index is 11.8. The average molecular weight is 343 g/mol. The Balaban J connectivity index is 2.11. The minimum absolute atomic E-state index is 0.0752. The van der Waals surface area contributed by atoms with Crippen LogP contribution >= 0.6 is 0 Å². The fraction of sp³-hybridized carbons (Fsp3) is 0.947. The van der Waals surface area contributed by atoms with Crippen molar-refractivity contribution >= 4 is 5.91 Å². The molecule has 1 aliphatic rings. The van der Waals surface area contributed by atoms with Gasteiger partial charge in [-0.3, -0.25) is 9.69 Å². The van der Waals surface area contributed by atoms with E-state index in [1.807, 2.05) is 13.8 Å². The van der Waals surface area contributed by atoms with Crippen LogP contribution in [-0.2, 0) is 14.3 Å². The topological polar surface area (TPSA) is 50.8 Å². The lowest BCUT2D eigenvalue weighted by Crippen LogP contribution is -2.48. The van der Waals surface area contributed by atoms with Crippen LogP contribution in [0, 0.1) is 11.3 Å². The molecule has 1 N–H and O–H groups in total. The number of carbonyl (C=O) groups is 1. The van der Waals surface area contributed by atoms with Gasteiger partial charge in [-0.25, -0.2) is 0 Å². The van der Waals surface area contributed by atoms with Crippen molar-refractivity contribution in [2.75, 3.05) is 46.0 Å². The highest BCUT2D eigenvalue weighted by molar-refractivity contribution is 5.78. The molecule has 1 saturated heterocycles. The third-order valence-corrected chi connectivity index (χ3v) is 4.55. The normalized spacial score (nSPS) is 20.8. The van der Waals surface area contributed by atoms with E-state index in [1.165, 1.54) is 6.42 Å². The van der Waals surface area contributed by atoms with Crippen LogP contribution in [0.4, 0.5) is 0 Å². The quantitative estimate of drug-likeness (QED) is 0.620. The number of nitrogens with zero attached hydrogens (tertiary/aromatic N) is 1. The SMILES string of the molecule is CCC(C)C(=O)NC[C@H]1CN(CCOCCCC(C)(C)C)CCO1. The summed E-state index contributed by atoms with van der Waals surface area (Å²) in [5, 5.41) is 3.00. The monoisotopic (exact) mass is 342 g/mol. The van der Waals surface area contributed by atoms with Crippen LogP contribution in [0.1, 0.15) is 53.9 Å². The molecule has 2 atom stereocenters. The van der Waals surface area contributed by atoms with Gasteiger partial charge in [-0.2, -0.15) is 0 Å². The van der Waals surface area contributed by atoms with E-state index in [9.17, 15) is 4.79 Å². The summed E-state index contributed by atoms with van der Waals surface area (Å²) in [6.07, 6.45) is 3.28. The molecule has 0 aromatic carbocycles. The molecule has 0 radical (unpaired) electrons. The number of morpholine rings is 1. The van der Waals surface area contributed by atoms with Crippen molar-refractivity contribution in [3.63, 3.8) is 0 Å². The summed E-state index contributed by atoms with van der Waals surface area (Å²) in [6, 6.07) is 0. The van der Waals surface area contributed by atoms with Gasteiger partial charge in [-0.1, -0.05) is 34.6 Å². The zero-order valence-corrected chi connectivity index (χ0v) is 16.4. The molecule has 5 nitrogen and oxygen atoms in total. The van der Waals surface area contributed by atoms with Gasteiger partial charge in [0.15, 0.2) is 0 Å². The standard InChI is InChI=1S/C19H38N2O3/c1-6-16(2)18(22)20-14-17-15-21(10-13-24-17)9-12-23-11-7-8-19(3,4)5/h16-17H,6-15H2,1-5H3,(H,20,22)/t16?,17-/m0/s1. The van der Waals surface area contributed by atoms with Crippen LogP contribution in [0.25, 0.3) is 0 Å². The van der Waals surface area contributed by atoms with Gasteiger partial charge in [0.05, 0.1) is 19.3 Å². The number of ether oxygens (including phenoxy) is 2. The molecule has 0 aromatic heterocycles. The predicted octanol–water partition coefficient (Wildman–Crippen LogP) is 2.69.